The van der Waals surface area contributed by atoms with Crippen molar-refractivity contribution in [3.63, 3.8) is 0 Å². The summed E-state index contributed by atoms with van der Waals surface area (Å²) in [5.74, 6) is 1.35. The zero-order valence-electron chi connectivity index (χ0n) is 23.0. The minimum absolute atomic E-state index is 0.421. The average molecular weight is 504 g/mol. The SMILES string of the molecule is C=CCC.CCC(C)=C(CC)/C(Cl)=N\C(Nc1ccc(N2CC(C)NC(C)C2)c(OC)c1)=C(/C)N. The summed E-state index contributed by atoms with van der Waals surface area (Å²) in [6.07, 6.45) is 4.72. The van der Waals surface area contributed by atoms with E-state index < -0.39 is 0 Å². The van der Waals surface area contributed by atoms with Gasteiger partial charge in [-0.05, 0) is 64.7 Å². The van der Waals surface area contributed by atoms with Crippen LogP contribution >= 0.6 is 11.6 Å². The third-order valence-electron chi connectivity index (χ3n) is 5.86. The first kappa shape index (κ1) is 30.6. The summed E-state index contributed by atoms with van der Waals surface area (Å²) in [6, 6.07) is 6.93. The molecular formula is C28H46ClN5O. The molecule has 1 fully saturated rings. The summed E-state index contributed by atoms with van der Waals surface area (Å²) in [5.41, 5.74) is 10.9. The van der Waals surface area contributed by atoms with E-state index in [0.29, 0.717) is 28.8 Å². The maximum Gasteiger partial charge on any atom is 0.150 e. The van der Waals surface area contributed by atoms with Crippen LogP contribution in [-0.4, -0.2) is 37.5 Å². The van der Waals surface area contributed by atoms with Crippen molar-refractivity contribution in [2.75, 3.05) is 30.4 Å². The van der Waals surface area contributed by atoms with Gasteiger partial charge in [0.05, 0.1) is 12.8 Å². The second-order valence-electron chi connectivity index (χ2n) is 8.98. The van der Waals surface area contributed by atoms with Gasteiger partial charge in [0.25, 0.3) is 0 Å². The molecule has 1 saturated heterocycles. The third kappa shape index (κ3) is 9.61. The normalized spacial score (nSPS) is 19.7. The number of rotatable bonds is 9. The van der Waals surface area contributed by atoms with Crippen LogP contribution in [0.4, 0.5) is 11.4 Å². The number of halogens is 1. The summed E-state index contributed by atoms with van der Waals surface area (Å²) in [5, 5.41) is 7.36. The highest BCUT2D eigenvalue weighted by atomic mass is 35.5. The van der Waals surface area contributed by atoms with Crippen molar-refractivity contribution in [1.29, 1.82) is 0 Å². The predicted molar refractivity (Wildman–Crippen MR) is 155 cm³/mol. The molecule has 7 heteroatoms. The number of aliphatic imine (C=N–C) groups is 1. The lowest BCUT2D eigenvalue weighted by Crippen LogP contribution is -2.54. The fraction of sp³-hybridized carbons (Fsp3) is 0.536. The molecule has 0 spiro atoms. The molecule has 2 atom stereocenters. The number of benzene rings is 1. The largest absolute Gasteiger partial charge is 0.495 e. The molecule has 196 valence electrons. The summed E-state index contributed by atoms with van der Waals surface area (Å²) in [7, 11) is 1.70. The number of hydrogen-bond donors (Lipinski definition) is 3. The number of ether oxygens (including phenoxy) is 1. The van der Waals surface area contributed by atoms with Gasteiger partial charge in [-0.15, -0.1) is 6.58 Å². The number of hydrogen-bond acceptors (Lipinski definition) is 6. The van der Waals surface area contributed by atoms with Crippen LogP contribution in [0.25, 0.3) is 0 Å². The van der Waals surface area contributed by atoms with Crippen molar-refractivity contribution in [2.45, 2.75) is 79.8 Å². The minimum Gasteiger partial charge on any atom is -0.495 e. The van der Waals surface area contributed by atoms with Gasteiger partial charge in [-0.25, -0.2) is 4.99 Å². The summed E-state index contributed by atoms with van der Waals surface area (Å²) in [4.78, 5) is 6.97. The molecule has 0 saturated carbocycles. The van der Waals surface area contributed by atoms with E-state index in [0.717, 1.165) is 55.0 Å². The maximum absolute atomic E-state index is 6.56. The van der Waals surface area contributed by atoms with Gasteiger partial charge in [0.1, 0.15) is 10.9 Å². The van der Waals surface area contributed by atoms with E-state index >= 15 is 0 Å². The number of anilines is 2. The van der Waals surface area contributed by atoms with Gasteiger partial charge in [-0.3, -0.25) is 0 Å². The fourth-order valence-electron chi connectivity index (χ4n) is 3.89. The molecule has 1 heterocycles. The lowest BCUT2D eigenvalue weighted by Gasteiger charge is -2.38. The molecule has 6 nitrogen and oxygen atoms in total. The van der Waals surface area contributed by atoms with Gasteiger partial charge < -0.3 is 26.0 Å². The maximum atomic E-state index is 6.56. The van der Waals surface area contributed by atoms with Gasteiger partial charge in [-0.1, -0.05) is 44.0 Å². The Hall–Kier alpha value is -2.44. The topological polar surface area (TPSA) is 74.9 Å². The number of nitrogens with one attached hydrogen (secondary N) is 2. The van der Waals surface area contributed by atoms with Crippen molar-refractivity contribution in [3.05, 3.63) is 53.5 Å². The van der Waals surface area contributed by atoms with E-state index in [1.807, 2.05) is 25.1 Å². The Morgan fingerprint density at radius 3 is 2.29 bits per heavy atom. The molecule has 0 radical (unpaired) electrons. The van der Waals surface area contributed by atoms with E-state index in [2.05, 4.69) is 74.7 Å². The average Bonchev–Trinajstić information content (AvgIpc) is 2.83. The first-order valence-corrected chi connectivity index (χ1v) is 13.0. The van der Waals surface area contributed by atoms with Crippen LogP contribution in [0, 0.1) is 0 Å². The molecule has 35 heavy (non-hydrogen) atoms. The molecule has 1 aromatic carbocycles. The first-order valence-electron chi connectivity index (χ1n) is 12.6. The zero-order chi connectivity index (χ0) is 26.5. The summed E-state index contributed by atoms with van der Waals surface area (Å²) < 4.78 is 5.72. The summed E-state index contributed by atoms with van der Waals surface area (Å²) >= 11 is 6.56. The number of nitrogens with zero attached hydrogens (tertiary/aromatic N) is 2. The second-order valence-corrected chi connectivity index (χ2v) is 9.34. The molecule has 1 aliphatic heterocycles. The Kier molecular flexibility index (Phi) is 13.6. The quantitative estimate of drug-likeness (QED) is 0.255. The monoisotopic (exact) mass is 503 g/mol. The zero-order valence-corrected chi connectivity index (χ0v) is 23.7. The molecule has 0 bridgehead atoms. The minimum atomic E-state index is 0.421. The molecule has 0 aliphatic carbocycles. The van der Waals surface area contributed by atoms with E-state index in [1.54, 1.807) is 7.11 Å². The lowest BCUT2D eigenvalue weighted by molar-refractivity contribution is 0.391. The van der Waals surface area contributed by atoms with Gasteiger partial charge in [-0.2, -0.15) is 0 Å². The van der Waals surface area contributed by atoms with E-state index in [-0.39, 0.29) is 0 Å². The van der Waals surface area contributed by atoms with Gasteiger partial charge in [0.15, 0.2) is 5.82 Å². The standard InChI is InChI=1S/C24H38ClN5O.C4H8/c1-8-15(3)20(9-2)23(25)29-24(18(6)26)28-19-10-11-21(22(12-19)31-7)30-13-16(4)27-17(5)14-30;1-3-4-2/h10-12,16-17,27-28H,8-9,13-14,26H2,1-7H3;3H,1,4H2,2H3/b20-15?,24-18+,29-23+;. The Bertz CT molecular complexity index is 908. The van der Waals surface area contributed by atoms with Gasteiger partial charge in [0.2, 0.25) is 0 Å². The molecule has 4 N–H and O–H groups in total. The lowest BCUT2D eigenvalue weighted by atomic mass is 10.1. The van der Waals surface area contributed by atoms with Crippen LogP contribution in [0.15, 0.2) is 58.5 Å². The third-order valence-corrected chi connectivity index (χ3v) is 6.17. The van der Waals surface area contributed by atoms with Crippen molar-refractivity contribution >= 4 is 28.1 Å². The summed E-state index contributed by atoms with van der Waals surface area (Å²) in [6.45, 7) is 19.9. The van der Waals surface area contributed by atoms with Crippen LogP contribution in [0.1, 0.15) is 67.7 Å². The van der Waals surface area contributed by atoms with E-state index in [9.17, 15) is 0 Å². The van der Waals surface area contributed by atoms with Gasteiger partial charge in [0, 0.05) is 42.6 Å². The molecule has 2 unspecified atom stereocenters. The number of piperazine rings is 1. The Labute approximate surface area is 218 Å². The predicted octanol–water partition coefficient (Wildman–Crippen LogP) is 6.80. The van der Waals surface area contributed by atoms with Crippen LogP contribution in [0.5, 0.6) is 5.75 Å². The number of nitrogens with two attached hydrogens (primary N) is 1. The van der Waals surface area contributed by atoms with E-state index in [1.165, 1.54) is 5.57 Å². The molecule has 0 amide bonds. The van der Waals surface area contributed by atoms with Crippen molar-refractivity contribution in [1.82, 2.24) is 5.32 Å². The van der Waals surface area contributed by atoms with Crippen molar-refractivity contribution in [3.8, 4) is 5.75 Å². The van der Waals surface area contributed by atoms with Crippen molar-refractivity contribution in [2.24, 2.45) is 10.7 Å². The Balaban J connectivity index is 0.00000142. The molecule has 1 aliphatic rings. The highest BCUT2D eigenvalue weighted by Gasteiger charge is 2.23. The molecular weight excluding hydrogens is 458 g/mol. The van der Waals surface area contributed by atoms with E-state index in [4.69, 9.17) is 22.1 Å². The Morgan fingerprint density at radius 1 is 1.23 bits per heavy atom. The highest BCUT2D eigenvalue weighted by Crippen LogP contribution is 2.33. The highest BCUT2D eigenvalue weighted by molar-refractivity contribution is 6.69. The fourth-order valence-corrected chi connectivity index (χ4v) is 4.27. The second kappa shape index (κ2) is 15.5. The van der Waals surface area contributed by atoms with Crippen LogP contribution in [0.2, 0.25) is 0 Å². The number of allylic oxidation sites excluding steroid dienone is 4. The van der Waals surface area contributed by atoms with Crippen LogP contribution in [0.3, 0.4) is 0 Å². The molecule has 1 aromatic rings. The Morgan fingerprint density at radius 2 is 1.83 bits per heavy atom. The van der Waals surface area contributed by atoms with Crippen LogP contribution < -0.4 is 26.0 Å². The van der Waals surface area contributed by atoms with Gasteiger partial charge >= 0.3 is 0 Å². The smallest absolute Gasteiger partial charge is 0.150 e. The molecule has 0 aromatic heterocycles. The number of methoxy groups -OCH3 is 1. The first-order chi connectivity index (χ1) is 16.6. The van der Waals surface area contributed by atoms with Crippen LogP contribution in [-0.2, 0) is 0 Å². The molecule has 2 rings (SSSR count). The van der Waals surface area contributed by atoms with Crippen molar-refractivity contribution < 1.29 is 4.74 Å².